The molecule has 2 amide bonds. The molecule has 1 aliphatic carbocycles. The number of benzene rings is 3. The van der Waals surface area contributed by atoms with Gasteiger partial charge in [0.15, 0.2) is 5.38 Å². The van der Waals surface area contributed by atoms with E-state index in [0.29, 0.717) is 11.3 Å². The number of alkyl carbamates (subject to hydrolysis) is 1. The van der Waals surface area contributed by atoms with Crippen LogP contribution in [-0.2, 0) is 28.6 Å². The van der Waals surface area contributed by atoms with Gasteiger partial charge in [-0.25, -0.2) is 9.59 Å². The lowest BCUT2D eigenvalue weighted by Gasteiger charge is -2.23. The van der Waals surface area contributed by atoms with Crippen LogP contribution in [0.3, 0.4) is 0 Å². The Labute approximate surface area is 265 Å². The Morgan fingerprint density at radius 3 is 2.09 bits per heavy atom. The van der Waals surface area contributed by atoms with E-state index in [0.717, 1.165) is 22.3 Å². The first kappa shape index (κ1) is 32.5. The maximum absolute atomic E-state index is 13.3. The number of amides is 2. The van der Waals surface area contributed by atoms with E-state index in [4.69, 9.17) is 32.2 Å². The number of carbonyl (C=O) groups is 4. The smallest absolute Gasteiger partial charge is 0.407 e. The number of hydrogen-bond donors (Lipinski definition) is 2. The molecule has 3 aromatic carbocycles. The van der Waals surface area contributed by atoms with Gasteiger partial charge in [0.1, 0.15) is 25.3 Å². The summed E-state index contributed by atoms with van der Waals surface area (Å²) in [7, 11) is 1.19. The van der Waals surface area contributed by atoms with Gasteiger partial charge < -0.3 is 24.8 Å². The van der Waals surface area contributed by atoms with E-state index in [9.17, 15) is 19.2 Å². The van der Waals surface area contributed by atoms with Crippen LogP contribution in [0.5, 0.6) is 0 Å². The fourth-order valence-electron chi connectivity index (χ4n) is 4.78. The van der Waals surface area contributed by atoms with Crippen molar-refractivity contribution in [3.8, 4) is 23.5 Å². The summed E-state index contributed by atoms with van der Waals surface area (Å²) in [6.45, 7) is -0.574. The van der Waals surface area contributed by atoms with Gasteiger partial charge in [-0.2, -0.15) is 0 Å². The highest BCUT2D eigenvalue weighted by molar-refractivity contribution is 7.99. The van der Waals surface area contributed by atoms with Crippen LogP contribution in [0.1, 0.15) is 28.0 Å². The third-order valence-corrected chi connectivity index (χ3v) is 8.29. The first-order valence-electron chi connectivity index (χ1n) is 13.7. The normalized spacial score (nSPS) is 13.7. The molecule has 3 aromatic rings. The van der Waals surface area contributed by atoms with Crippen molar-refractivity contribution < 1.29 is 33.4 Å². The van der Waals surface area contributed by atoms with Crippen molar-refractivity contribution in [3.63, 3.8) is 0 Å². The third kappa shape index (κ3) is 8.13. The highest BCUT2D eigenvalue weighted by atomic mass is 35.5. The van der Waals surface area contributed by atoms with Crippen molar-refractivity contribution in [1.82, 2.24) is 10.6 Å². The van der Waals surface area contributed by atoms with Gasteiger partial charge in [0.05, 0.1) is 12.9 Å². The molecule has 0 heterocycles. The molecule has 3 unspecified atom stereocenters. The summed E-state index contributed by atoms with van der Waals surface area (Å²) in [6, 6.07) is 21.8. The first-order chi connectivity index (χ1) is 21.3. The molecule has 0 fully saturated rings. The Balaban J connectivity index is 1.45. The number of thioether (sulfide) groups is 1. The van der Waals surface area contributed by atoms with Gasteiger partial charge in [-0.05, 0) is 27.8 Å². The van der Waals surface area contributed by atoms with Crippen molar-refractivity contribution in [3.05, 3.63) is 95.6 Å². The summed E-state index contributed by atoms with van der Waals surface area (Å²) in [5.74, 6) is 0.339. The van der Waals surface area contributed by atoms with Crippen molar-refractivity contribution in [2.24, 2.45) is 0 Å². The molecule has 11 heteroatoms. The molecule has 0 radical (unpaired) electrons. The van der Waals surface area contributed by atoms with Crippen LogP contribution in [0, 0.1) is 12.3 Å². The molecular formula is C33H31ClN2O7S. The standard InChI is InChI=1S/C33H31ClN2O7S/c1-3-17-44-20-28(31(38)41-2)35-30(37)27(19-42-32(39)29(34)21-11-5-4-6-12-21)36-33(40)43-18-26-24-15-9-7-13-22(24)23-14-8-10-16-25(23)26/h1,4-16,26-29H,17-20H2,2H3,(H,35,37)(H,36,40). The number of alkyl halides is 1. The predicted molar refractivity (Wildman–Crippen MR) is 168 cm³/mol. The molecule has 4 rings (SSSR count). The number of carbonyl (C=O) groups excluding carboxylic acids is 4. The maximum atomic E-state index is 13.3. The fraction of sp³-hybridized carbons (Fsp3) is 0.273. The third-order valence-electron chi connectivity index (χ3n) is 6.92. The summed E-state index contributed by atoms with van der Waals surface area (Å²) in [5, 5.41) is 3.87. The second-order valence-electron chi connectivity index (χ2n) is 9.73. The Morgan fingerprint density at radius 2 is 1.48 bits per heavy atom. The largest absolute Gasteiger partial charge is 0.467 e. The number of fused-ring (bicyclic) bond motifs is 3. The van der Waals surface area contributed by atoms with Gasteiger partial charge in [-0.1, -0.05) is 84.8 Å². The van der Waals surface area contributed by atoms with E-state index >= 15 is 0 Å². The summed E-state index contributed by atoms with van der Waals surface area (Å²) in [5.41, 5.74) is 4.66. The van der Waals surface area contributed by atoms with Crippen LogP contribution < -0.4 is 10.6 Å². The monoisotopic (exact) mass is 634 g/mol. The first-order valence-corrected chi connectivity index (χ1v) is 15.3. The molecule has 0 aliphatic heterocycles. The van der Waals surface area contributed by atoms with Gasteiger partial charge in [-0.3, -0.25) is 9.59 Å². The number of rotatable bonds is 13. The Hall–Kier alpha value is -4.46. The van der Waals surface area contributed by atoms with Gasteiger partial charge in [0.25, 0.3) is 0 Å². The number of halogens is 1. The molecule has 2 N–H and O–H groups in total. The summed E-state index contributed by atoms with van der Waals surface area (Å²) in [4.78, 5) is 51.4. The Bertz CT molecular complexity index is 1480. The highest BCUT2D eigenvalue weighted by Gasteiger charge is 2.32. The van der Waals surface area contributed by atoms with Gasteiger partial charge in [-0.15, -0.1) is 29.8 Å². The van der Waals surface area contributed by atoms with E-state index in [1.54, 1.807) is 30.3 Å². The Kier molecular flexibility index (Phi) is 11.7. The minimum absolute atomic E-state index is 0.000732. The van der Waals surface area contributed by atoms with Gasteiger partial charge >= 0.3 is 18.0 Å². The highest BCUT2D eigenvalue weighted by Crippen LogP contribution is 2.44. The molecule has 0 saturated heterocycles. The fourth-order valence-corrected chi connectivity index (χ4v) is 5.68. The van der Waals surface area contributed by atoms with Crippen LogP contribution in [-0.4, -0.2) is 67.9 Å². The number of ether oxygens (including phenoxy) is 3. The second kappa shape index (κ2) is 15.8. The van der Waals surface area contributed by atoms with Crippen LogP contribution in [0.15, 0.2) is 78.9 Å². The zero-order chi connectivity index (χ0) is 31.5. The summed E-state index contributed by atoms with van der Waals surface area (Å²) >= 11 is 7.52. The van der Waals surface area contributed by atoms with E-state index in [1.165, 1.54) is 18.9 Å². The minimum atomic E-state index is -1.42. The average Bonchev–Trinajstić information content (AvgIpc) is 3.38. The second-order valence-corrected chi connectivity index (χ2v) is 11.2. The van der Waals surface area contributed by atoms with Gasteiger partial charge in [0, 0.05) is 11.7 Å². The summed E-state index contributed by atoms with van der Waals surface area (Å²) in [6.07, 6.45) is 4.38. The molecule has 1 aliphatic rings. The summed E-state index contributed by atoms with van der Waals surface area (Å²) < 4.78 is 15.7. The Morgan fingerprint density at radius 1 is 0.864 bits per heavy atom. The molecule has 3 atom stereocenters. The van der Waals surface area contributed by atoms with E-state index in [2.05, 4.69) is 16.6 Å². The molecule has 44 heavy (non-hydrogen) atoms. The van der Waals surface area contributed by atoms with Crippen molar-refractivity contribution in [1.29, 1.82) is 0 Å². The number of hydrogen-bond acceptors (Lipinski definition) is 8. The molecule has 0 saturated carbocycles. The van der Waals surface area contributed by atoms with Gasteiger partial charge in [0.2, 0.25) is 5.91 Å². The van der Waals surface area contributed by atoms with Crippen LogP contribution >= 0.6 is 23.4 Å². The van der Waals surface area contributed by atoms with Crippen molar-refractivity contribution >= 4 is 47.3 Å². The van der Waals surface area contributed by atoms with Crippen LogP contribution in [0.4, 0.5) is 4.79 Å². The quantitative estimate of drug-likeness (QED) is 0.0931. The van der Waals surface area contributed by atoms with E-state index < -0.39 is 48.0 Å². The molecule has 0 aromatic heterocycles. The molecule has 0 spiro atoms. The topological polar surface area (TPSA) is 120 Å². The number of esters is 2. The van der Waals surface area contributed by atoms with Crippen LogP contribution in [0.2, 0.25) is 0 Å². The maximum Gasteiger partial charge on any atom is 0.407 e. The average molecular weight is 635 g/mol. The predicted octanol–water partition coefficient (Wildman–Crippen LogP) is 4.44. The lowest BCUT2D eigenvalue weighted by atomic mass is 9.98. The van der Waals surface area contributed by atoms with E-state index in [-0.39, 0.29) is 18.3 Å². The SMILES string of the molecule is C#CCSCC(NC(=O)C(COC(=O)C(Cl)c1ccccc1)NC(=O)OCC1c2ccccc2-c2ccccc21)C(=O)OC. The zero-order valence-corrected chi connectivity index (χ0v) is 25.4. The molecule has 0 bridgehead atoms. The lowest BCUT2D eigenvalue weighted by Crippen LogP contribution is -2.54. The van der Waals surface area contributed by atoms with Crippen molar-refractivity contribution in [2.45, 2.75) is 23.4 Å². The molecule has 228 valence electrons. The van der Waals surface area contributed by atoms with Crippen LogP contribution in [0.25, 0.3) is 11.1 Å². The van der Waals surface area contributed by atoms with E-state index in [1.807, 2.05) is 48.5 Å². The number of nitrogens with one attached hydrogen (secondary N) is 2. The molecule has 9 nitrogen and oxygen atoms in total. The van der Waals surface area contributed by atoms with Crippen molar-refractivity contribution in [2.75, 3.05) is 31.8 Å². The number of terminal acetylenes is 1. The number of methoxy groups -OCH3 is 1. The molecular weight excluding hydrogens is 604 g/mol. The minimum Gasteiger partial charge on any atom is -0.467 e. The zero-order valence-electron chi connectivity index (χ0n) is 23.9. The lowest BCUT2D eigenvalue weighted by molar-refractivity contribution is -0.147.